The Morgan fingerprint density at radius 3 is 2.46 bits per heavy atom. The van der Waals surface area contributed by atoms with E-state index in [1.54, 1.807) is 30.5 Å². The van der Waals surface area contributed by atoms with E-state index >= 15 is 0 Å². The van der Waals surface area contributed by atoms with Gasteiger partial charge in [-0.15, -0.1) is 4.63 Å². The Hall–Kier alpha value is -3.49. The molecule has 9 heteroatoms. The Bertz CT molecular complexity index is 1040. The molecule has 0 bridgehead atoms. The summed E-state index contributed by atoms with van der Waals surface area (Å²) in [7, 11) is 0. The predicted octanol–water partition coefficient (Wildman–Crippen LogP) is 4.01. The van der Waals surface area contributed by atoms with Gasteiger partial charge in [0.05, 0.1) is 17.4 Å². The molecule has 0 spiro atoms. The SMILES string of the molecule is FC(F)(F)c1cccc(N(c2ncccn2)c2cnn3ncccc23)c1. The van der Waals surface area contributed by atoms with Crippen molar-refractivity contribution in [1.29, 1.82) is 0 Å². The molecular weight excluding hydrogens is 345 g/mol. The molecule has 0 aliphatic rings. The summed E-state index contributed by atoms with van der Waals surface area (Å²) in [5.41, 5.74) is 0.635. The van der Waals surface area contributed by atoms with Crippen LogP contribution in [0.4, 0.5) is 30.5 Å². The van der Waals surface area contributed by atoms with E-state index in [0.29, 0.717) is 11.2 Å². The van der Waals surface area contributed by atoms with Crippen LogP contribution >= 0.6 is 0 Å². The minimum absolute atomic E-state index is 0.227. The Balaban J connectivity index is 1.93. The zero-order valence-electron chi connectivity index (χ0n) is 13.2. The van der Waals surface area contributed by atoms with E-state index in [0.717, 1.165) is 12.1 Å². The highest BCUT2D eigenvalue weighted by Crippen LogP contribution is 2.37. The quantitative estimate of drug-likeness (QED) is 0.555. The lowest BCUT2D eigenvalue weighted by Crippen LogP contribution is -2.14. The molecule has 0 aliphatic heterocycles. The Morgan fingerprint density at radius 1 is 0.885 bits per heavy atom. The van der Waals surface area contributed by atoms with Gasteiger partial charge in [-0.1, -0.05) is 6.07 Å². The molecule has 0 saturated heterocycles. The van der Waals surface area contributed by atoms with Crippen LogP contribution in [0.5, 0.6) is 0 Å². The van der Waals surface area contributed by atoms with Crippen molar-refractivity contribution in [2.24, 2.45) is 0 Å². The van der Waals surface area contributed by atoms with Gasteiger partial charge < -0.3 is 0 Å². The fourth-order valence-electron chi connectivity index (χ4n) is 2.58. The molecule has 1 aromatic carbocycles. The number of rotatable bonds is 3. The van der Waals surface area contributed by atoms with Crippen LogP contribution in [0.3, 0.4) is 0 Å². The van der Waals surface area contributed by atoms with Crippen LogP contribution in [0.15, 0.2) is 67.3 Å². The third-order valence-corrected chi connectivity index (χ3v) is 3.71. The topological polar surface area (TPSA) is 59.2 Å². The van der Waals surface area contributed by atoms with Crippen LogP contribution in [0.1, 0.15) is 5.56 Å². The Morgan fingerprint density at radius 2 is 1.69 bits per heavy atom. The van der Waals surface area contributed by atoms with Gasteiger partial charge in [0, 0.05) is 24.3 Å². The zero-order chi connectivity index (χ0) is 18.1. The summed E-state index contributed by atoms with van der Waals surface area (Å²) in [4.78, 5) is 9.89. The minimum atomic E-state index is -4.46. The van der Waals surface area contributed by atoms with E-state index < -0.39 is 11.7 Å². The highest BCUT2D eigenvalue weighted by atomic mass is 19.4. The summed E-state index contributed by atoms with van der Waals surface area (Å²) < 4.78 is 40.8. The van der Waals surface area contributed by atoms with E-state index in [-0.39, 0.29) is 11.6 Å². The fraction of sp³-hybridized carbons (Fsp3) is 0.0588. The molecule has 3 heterocycles. The highest BCUT2D eigenvalue weighted by Gasteiger charge is 2.31. The monoisotopic (exact) mass is 356 g/mol. The molecule has 0 unspecified atom stereocenters. The Labute approximate surface area is 145 Å². The van der Waals surface area contributed by atoms with Crippen LogP contribution in [-0.2, 0) is 6.18 Å². The van der Waals surface area contributed by atoms with Gasteiger partial charge >= 0.3 is 6.18 Å². The van der Waals surface area contributed by atoms with Crippen LogP contribution < -0.4 is 4.90 Å². The van der Waals surface area contributed by atoms with Crippen LogP contribution in [0.2, 0.25) is 0 Å². The maximum absolute atomic E-state index is 13.2. The lowest BCUT2D eigenvalue weighted by atomic mass is 10.1. The van der Waals surface area contributed by atoms with Gasteiger partial charge in [0.1, 0.15) is 5.52 Å². The first kappa shape index (κ1) is 16.0. The molecule has 4 aromatic rings. The van der Waals surface area contributed by atoms with Crippen molar-refractivity contribution in [3.8, 4) is 0 Å². The largest absolute Gasteiger partial charge is 0.416 e. The predicted molar refractivity (Wildman–Crippen MR) is 88.3 cm³/mol. The molecule has 0 fully saturated rings. The first-order chi connectivity index (χ1) is 12.5. The summed E-state index contributed by atoms with van der Waals surface area (Å²) in [6.07, 6.45) is 1.66. The normalized spacial score (nSPS) is 11.7. The molecule has 130 valence electrons. The van der Waals surface area contributed by atoms with E-state index in [1.807, 2.05) is 0 Å². The van der Waals surface area contributed by atoms with Crippen molar-refractivity contribution in [3.63, 3.8) is 0 Å². The van der Waals surface area contributed by atoms with Crippen molar-refractivity contribution in [1.82, 2.24) is 24.8 Å². The first-order valence-electron chi connectivity index (χ1n) is 7.57. The van der Waals surface area contributed by atoms with Crippen molar-refractivity contribution in [2.45, 2.75) is 6.18 Å². The standard InChI is InChI=1S/C17H11F3N6/c18-17(19,20)12-4-1-5-13(10-12)25(16-21-7-3-8-22-16)15-11-24-26-14(15)6-2-9-23-26/h1-11H. The van der Waals surface area contributed by atoms with Crippen LogP contribution in [0.25, 0.3) is 5.52 Å². The molecule has 0 atom stereocenters. The van der Waals surface area contributed by atoms with E-state index in [9.17, 15) is 13.2 Å². The summed E-state index contributed by atoms with van der Waals surface area (Å²) in [5.74, 6) is 0.227. The molecule has 0 radical (unpaired) electrons. The van der Waals surface area contributed by atoms with Gasteiger partial charge in [0.2, 0.25) is 5.95 Å². The summed E-state index contributed by atoms with van der Waals surface area (Å²) in [6.45, 7) is 0. The molecule has 0 aliphatic carbocycles. The summed E-state index contributed by atoms with van der Waals surface area (Å²) in [5, 5.41) is 8.23. The lowest BCUT2D eigenvalue weighted by molar-refractivity contribution is -0.137. The van der Waals surface area contributed by atoms with Gasteiger partial charge in [-0.2, -0.15) is 23.4 Å². The second kappa shape index (κ2) is 6.10. The molecule has 26 heavy (non-hydrogen) atoms. The Kier molecular flexibility index (Phi) is 3.76. The van der Waals surface area contributed by atoms with Crippen molar-refractivity contribution in [2.75, 3.05) is 4.90 Å². The highest BCUT2D eigenvalue weighted by molar-refractivity contribution is 5.83. The number of nitrogens with zero attached hydrogens (tertiary/aromatic N) is 6. The van der Waals surface area contributed by atoms with Gasteiger partial charge in [0.15, 0.2) is 0 Å². The maximum Gasteiger partial charge on any atom is 0.416 e. The number of aromatic nitrogens is 5. The van der Waals surface area contributed by atoms with Gasteiger partial charge in [0.25, 0.3) is 0 Å². The number of halogens is 3. The molecular formula is C17H11F3N6. The maximum atomic E-state index is 13.2. The second-order valence-electron chi connectivity index (χ2n) is 5.36. The number of hydrogen-bond donors (Lipinski definition) is 0. The average molecular weight is 356 g/mol. The second-order valence-corrected chi connectivity index (χ2v) is 5.36. The number of benzene rings is 1. The average Bonchev–Trinajstić information content (AvgIpc) is 3.07. The molecule has 0 saturated carbocycles. The molecule has 0 N–H and O–H groups in total. The van der Waals surface area contributed by atoms with Crippen LogP contribution in [-0.4, -0.2) is 24.8 Å². The molecule has 6 nitrogen and oxygen atoms in total. The number of hydrogen-bond acceptors (Lipinski definition) is 5. The van der Waals surface area contributed by atoms with Gasteiger partial charge in [-0.25, -0.2) is 9.97 Å². The minimum Gasteiger partial charge on any atom is -0.275 e. The van der Waals surface area contributed by atoms with Gasteiger partial charge in [-0.05, 0) is 36.4 Å². The molecule has 4 rings (SSSR count). The number of fused-ring (bicyclic) bond motifs is 1. The van der Waals surface area contributed by atoms with Crippen LogP contribution in [0, 0.1) is 0 Å². The summed E-state index contributed by atoms with van der Waals surface area (Å²) in [6, 6.07) is 10.1. The number of alkyl halides is 3. The molecule has 0 amide bonds. The van der Waals surface area contributed by atoms with E-state index in [2.05, 4.69) is 20.2 Å². The van der Waals surface area contributed by atoms with Crippen molar-refractivity contribution < 1.29 is 13.2 Å². The molecule has 3 aromatic heterocycles. The third kappa shape index (κ3) is 2.83. The van der Waals surface area contributed by atoms with Crippen molar-refractivity contribution in [3.05, 3.63) is 72.8 Å². The third-order valence-electron chi connectivity index (χ3n) is 3.71. The fourth-order valence-corrected chi connectivity index (χ4v) is 2.58. The van der Waals surface area contributed by atoms with E-state index in [4.69, 9.17) is 0 Å². The van der Waals surface area contributed by atoms with Crippen molar-refractivity contribution >= 4 is 22.8 Å². The summed E-state index contributed by atoms with van der Waals surface area (Å²) >= 11 is 0. The van der Waals surface area contributed by atoms with E-state index in [1.165, 1.54) is 34.2 Å². The zero-order valence-corrected chi connectivity index (χ0v) is 13.2. The van der Waals surface area contributed by atoms with Gasteiger partial charge in [-0.3, -0.25) is 4.90 Å². The number of anilines is 3. The smallest absolute Gasteiger partial charge is 0.275 e. The first-order valence-corrected chi connectivity index (χ1v) is 7.57. The lowest BCUT2D eigenvalue weighted by Gasteiger charge is -2.22.